The molecule has 0 spiro atoms. The first-order chi connectivity index (χ1) is 5.11. The summed E-state index contributed by atoms with van der Waals surface area (Å²) in [6, 6.07) is -1.29. The van der Waals surface area contributed by atoms with Crippen molar-refractivity contribution >= 4 is 17.6 Å². The van der Waals surface area contributed by atoms with Crippen LogP contribution in [0.3, 0.4) is 0 Å². The summed E-state index contributed by atoms with van der Waals surface area (Å²) in [5.41, 5.74) is 7.56. The first-order valence-electron chi connectivity index (χ1n) is 3.01. The zero-order valence-corrected chi connectivity index (χ0v) is 5.92. The van der Waals surface area contributed by atoms with Crippen molar-refractivity contribution in [1.82, 2.24) is 10.7 Å². The molecule has 6 nitrogen and oxygen atoms in total. The number of hydrogen-bond acceptors (Lipinski definition) is 3. The predicted octanol–water partition coefficient (Wildman–Crippen LogP) is -1.47. The lowest BCUT2D eigenvalue weighted by molar-refractivity contribution is -0.118. The monoisotopic (exact) mass is 156 g/mol. The fourth-order valence-corrected chi connectivity index (χ4v) is 0.748. The highest BCUT2D eigenvalue weighted by atomic mass is 16.2. The predicted molar refractivity (Wildman–Crippen MR) is 37.8 cm³/mol. The Labute approximate surface area is 62.8 Å². The van der Waals surface area contributed by atoms with Crippen molar-refractivity contribution in [2.75, 3.05) is 0 Å². The van der Waals surface area contributed by atoms with Crippen LogP contribution in [0.1, 0.15) is 6.92 Å². The molecule has 11 heavy (non-hydrogen) atoms. The number of nitrogens with one attached hydrogen (secondary N) is 2. The molecular formula is C5H8N4O2. The number of carbonyl (C=O) groups excluding carboxylic acids is 2. The van der Waals surface area contributed by atoms with Crippen LogP contribution in [0, 0.1) is 0 Å². The molecular weight excluding hydrogens is 148 g/mol. The third kappa shape index (κ3) is 1.46. The normalized spacial score (nSPS) is 23.2. The molecule has 0 bridgehead atoms. The van der Waals surface area contributed by atoms with Gasteiger partial charge in [-0.05, 0) is 6.92 Å². The minimum atomic E-state index is -0.774. The van der Waals surface area contributed by atoms with Crippen LogP contribution in [0.5, 0.6) is 0 Å². The number of nitrogens with two attached hydrogens (primary N) is 1. The van der Waals surface area contributed by atoms with Gasteiger partial charge in [-0.2, -0.15) is 5.10 Å². The molecule has 0 aromatic carbocycles. The van der Waals surface area contributed by atoms with E-state index in [0.29, 0.717) is 5.71 Å². The number of carbonyl (C=O) groups is 2. The molecule has 6 heteroatoms. The highest BCUT2D eigenvalue weighted by Gasteiger charge is 2.24. The first kappa shape index (κ1) is 7.52. The van der Waals surface area contributed by atoms with E-state index in [-0.39, 0.29) is 0 Å². The Hall–Kier alpha value is -1.59. The standard InChI is InChI=1S/C5H8N4O2/c1-2-3(4(6)10)7-5(11)9-8-2/h3H,1H3,(H2,6,10)(H2,7,9,11). The average Bonchev–Trinajstić information content (AvgIpc) is 1.94. The maximum absolute atomic E-state index is 10.6. The summed E-state index contributed by atoms with van der Waals surface area (Å²) in [4.78, 5) is 21.2. The second-order valence-electron chi connectivity index (χ2n) is 2.17. The summed E-state index contributed by atoms with van der Waals surface area (Å²) in [7, 11) is 0. The van der Waals surface area contributed by atoms with Crippen molar-refractivity contribution in [2.45, 2.75) is 13.0 Å². The third-order valence-corrected chi connectivity index (χ3v) is 1.31. The molecule has 60 valence electrons. The van der Waals surface area contributed by atoms with Gasteiger partial charge in [-0.3, -0.25) is 4.79 Å². The molecule has 0 aromatic rings. The fraction of sp³-hybridized carbons (Fsp3) is 0.400. The van der Waals surface area contributed by atoms with Gasteiger partial charge in [0, 0.05) is 0 Å². The molecule has 0 fully saturated rings. The van der Waals surface area contributed by atoms with Crippen LogP contribution in [0.2, 0.25) is 0 Å². The lowest BCUT2D eigenvalue weighted by Gasteiger charge is -2.18. The number of nitrogens with zero attached hydrogens (tertiary/aromatic N) is 1. The summed E-state index contributed by atoms with van der Waals surface area (Å²) in [5, 5.41) is 5.88. The Morgan fingerprint density at radius 3 is 2.82 bits per heavy atom. The van der Waals surface area contributed by atoms with Gasteiger partial charge in [0.25, 0.3) is 0 Å². The van der Waals surface area contributed by atoms with Gasteiger partial charge >= 0.3 is 6.03 Å². The van der Waals surface area contributed by atoms with Crippen LogP contribution < -0.4 is 16.5 Å². The second-order valence-corrected chi connectivity index (χ2v) is 2.17. The molecule has 0 saturated carbocycles. The van der Waals surface area contributed by atoms with E-state index < -0.39 is 18.0 Å². The van der Waals surface area contributed by atoms with Crippen LogP contribution in [0.25, 0.3) is 0 Å². The van der Waals surface area contributed by atoms with Crippen molar-refractivity contribution in [3.05, 3.63) is 0 Å². The van der Waals surface area contributed by atoms with Crippen LogP contribution in [-0.4, -0.2) is 23.7 Å². The molecule has 1 aliphatic heterocycles. The minimum Gasteiger partial charge on any atom is -0.368 e. The van der Waals surface area contributed by atoms with E-state index in [1.807, 2.05) is 0 Å². The second kappa shape index (κ2) is 2.57. The van der Waals surface area contributed by atoms with E-state index in [1.165, 1.54) is 0 Å². The van der Waals surface area contributed by atoms with Gasteiger partial charge in [0.2, 0.25) is 5.91 Å². The van der Waals surface area contributed by atoms with E-state index in [4.69, 9.17) is 5.73 Å². The van der Waals surface area contributed by atoms with Crippen LogP contribution in [0.15, 0.2) is 5.10 Å². The number of rotatable bonds is 1. The topological polar surface area (TPSA) is 96.6 Å². The van der Waals surface area contributed by atoms with Gasteiger partial charge in [-0.1, -0.05) is 0 Å². The molecule has 1 atom stereocenters. The summed E-state index contributed by atoms with van der Waals surface area (Å²) in [6.45, 7) is 1.60. The molecule has 1 heterocycles. The summed E-state index contributed by atoms with van der Waals surface area (Å²) >= 11 is 0. The number of amides is 3. The van der Waals surface area contributed by atoms with Crippen LogP contribution in [0.4, 0.5) is 4.79 Å². The lowest BCUT2D eigenvalue weighted by Crippen LogP contribution is -2.55. The number of urea groups is 1. The molecule has 0 saturated heterocycles. The Morgan fingerprint density at radius 1 is 1.73 bits per heavy atom. The summed E-state index contributed by atoms with van der Waals surface area (Å²) in [5.74, 6) is -0.610. The van der Waals surface area contributed by atoms with Gasteiger partial charge < -0.3 is 11.1 Å². The van der Waals surface area contributed by atoms with E-state index in [1.54, 1.807) is 6.92 Å². The minimum absolute atomic E-state index is 0.456. The average molecular weight is 156 g/mol. The Balaban J connectivity index is 2.79. The fourth-order valence-electron chi connectivity index (χ4n) is 0.748. The number of primary amides is 1. The van der Waals surface area contributed by atoms with Crippen LogP contribution >= 0.6 is 0 Å². The van der Waals surface area contributed by atoms with E-state index in [0.717, 1.165) is 0 Å². The smallest absolute Gasteiger partial charge is 0.336 e. The number of hydrogen-bond donors (Lipinski definition) is 3. The molecule has 0 radical (unpaired) electrons. The Morgan fingerprint density at radius 2 is 2.36 bits per heavy atom. The van der Waals surface area contributed by atoms with Gasteiger partial charge in [0.1, 0.15) is 6.04 Å². The Kier molecular flexibility index (Phi) is 1.75. The summed E-state index contributed by atoms with van der Waals surface area (Å²) in [6.07, 6.45) is 0. The largest absolute Gasteiger partial charge is 0.368 e. The van der Waals surface area contributed by atoms with Gasteiger partial charge in [0.15, 0.2) is 0 Å². The Bertz CT molecular complexity index is 235. The van der Waals surface area contributed by atoms with Crippen molar-refractivity contribution in [3.8, 4) is 0 Å². The molecule has 4 N–H and O–H groups in total. The maximum Gasteiger partial charge on any atom is 0.336 e. The zero-order chi connectivity index (χ0) is 8.43. The maximum atomic E-state index is 10.6. The van der Waals surface area contributed by atoms with Gasteiger partial charge in [0.05, 0.1) is 5.71 Å². The molecule has 3 amide bonds. The van der Waals surface area contributed by atoms with Crippen molar-refractivity contribution < 1.29 is 9.59 Å². The molecule has 0 aliphatic carbocycles. The molecule has 1 rings (SSSR count). The lowest BCUT2D eigenvalue weighted by atomic mass is 10.2. The van der Waals surface area contributed by atoms with Gasteiger partial charge in [-0.15, -0.1) is 0 Å². The quantitative estimate of drug-likeness (QED) is 0.432. The number of hydrazone groups is 1. The van der Waals surface area contributed by atoms with Crippen molar-refractivity contribution in [3.63, 3.8) is 0 Å². The molecule has 0 aromatic heterocycles. The van der Waals surface area contributed by atoms with Crippen LogP contribution in [-0.2, 0) is 4.79 Å². The van der Waals surface area contributed by atoms with E-state index >= 15 is 0 Å². The summed E-state index contributed by atoms with van der Waals surface area (Å²) < 4.78 is 0. The highest BCUT2D eigenvalue weighted by molar-refractivity contribution is 6.10. The van der Waals surface area contributed by atoms with Gasteiger partial charge in [-0.25, -0.2) is 10.2 Å². The SMILES string of the molecule is CC1=NNC(=O)NC1C(N)=O. The van der Waals surface area contributed by atoms with E-state index in [9.17, 15) is 9.59 Å². The van der Waals surface area contributed by atoms with E-state index in [2.05, 4.69) is 15.8 Å². The first-order valence-corrected chi connectivity index (χ1v) is 3.01. The van der Waals surface area contributed by atoms with Crippen molar-refractivity contribution in [2.24, 2.45) is 10.8 Å². The molecule has 1 unspecified atom stereocenters. The molecule has 1 aliphatic rings. The highest BCUT2D eigenvalue weighted by Crippen LogP contribution is 1.92. The zero-order valence-electron chi connectivity index (χ0n) is 5.92. The van der Waals surface area contributed by atoms with Crippen molar-refractivity contribution in [1.29, 1.82) is 0 Å². The third-order valence-electron chi connectivity index (χ3n) is 1.31.